The molecule has 0 atom stereocenters. The Labute approximate surface area is 184 Å². The van der Waals surface area contributed by atoms with Crippen LogP contribution in [-0.2, 0) is 0 Å². The normalized spacial score (nSPS) is 18.0. The first-order valence-electron chi connectivity index (χ1n) is 10.8. The second-order valence-electron chi connectivity index (χ2n) is 8.72. The molecule has 2 aliphatic rings. The summed E-state index contributed by atoms with van der Waals surface area (Å²) in [6.45, 7) is 4.18. The Balaban J connectivity index is 1.33. The molecule has 3 aromatic rings. The fraction of sp³-hybridized carbons (Fsp3) is 0.500. The highest BCUT2D eigenvalue weighted by Crippen LogP contribution is 2.40. The summed E-state index contributed by atoms with van der Waals surface area (Å²) in [4.78, 5) is 32.6. The van der Waals surface area contributed by atoms with E-state index in [9.17, 15) is 9.18 Å². The molecule has 4 heterocycles. The van der Waals surface area contributed by atoms with Crippen molar-refractivity contribution in [3.8, 4) is 5.75 Å². The van der Waals surface area contributed by atoms with Gasteiger partial charge < -0.3 is 19.4 Å². The first kappa shape index (κ1) is 20.6. The van der Waals surface area contributed by atoms with Gasteiger partial charge in [0, 0.05) is 24.5 Å². The van der Waals surface area contributed by atoms with E-state index in [1.807, 2.05) is 4.90 Å². The summed E-state index contributed by atoms with van der Waals surface area (Å²) in [6, 6.07) is 0. The Bertz CT molecular complexity index is 1140. The lowest BCUT2D eigenvalue weighted by atomic mass is 9.95. The maximum absolute atomic E-state index is 13.5. The highest BCUT2D eigenvalue weighted by molar-refractivity contribution is 6.10. The molecule has 0 radical (unpaired) electrons. The molecule has 1 N–H and O–H groups in total. The van der Waals surface area contributed by atoms with E-state index in [2.05, 4.69) is 32.2 Å². The number of amides is 1. The smallest absolute Gasteiger partial charge is 0.258 e. The molecule has 1 saturated carbocycles. The molecule has 32 heavy (non-hydrogen) atoms. The Morgan fingerprint density at radius 1 is 1.25 bits per heavy atom. The van der Waals surface area contributed by atoms with Gasteiger partial charge in [-0.05, 0) is 39.5 Å². The second-order valence-corrected chi connectivity index (χ2v) is 8.72. The van der Waals surface area contributed by atoms with Gasteiger partial charge in [0.1, 0.15) is 23.7 Å². The van der Waals surface area contributed by atoms with Crippen molar-refractivity contribution in [3.05, 3.63) is 35.9 Å². The summed E-state index contributed by atoms with van der Waals surface area (Å²) in [5.41, 5.74) is 0.955. The quantitative estimate of drug-likeness (QED) is 0.620. The van der Waals surface area contributed by atoms with Crippen LogP contribution in [0.25, 0.3) is 11.1 Å². The average molecular weight is 440 g/mol. The van der Waals surface area contributed by atoms with E-state index in [0.29, 0.717) is 52.9 Å². The molecule has 0 bridgehead atoms. The van der Waals surface area contributed by atoms with Crippen molar-refractivity contribution in [1.29, 1.82) is 0 Å². The molecule has 1 aliphatic carbocycles. The number of nitrogens with one attached hydrogen (secondary N) is 1. The number of halogens is 1. The SMILES string of the molecule is Cc1oc2ncnc(NC3(C)CC3)c2c1C(=O)N1CCC(c2ncc(OCF)cn2)CC1. The first-order valence-corrected chi connectivity index (χ1v) is 10.8. The lowest BCUT2D eigenvalue weighted by Gasteiger charge is -2.31. The molecule has 168 valence electrons. The Hall–Kier alpha value is -3.30. The van der Waals surface area contributed by atoms with Crippen LogP contribution in [0, 0.1) is 6.92 Å². The zero-order valence-corrected chi connectivity index (χ0v) is 18.1. The lowest BCUT2D eigenvalue weighted by Crippen LogP contribution is -2.38. The zero-order valence-electron chi connectivity index (χ0n) is 18.1. The maximum Gasteiger partial charge on any atom is 0.258 e. The van der Waals surface area contributed by atoms with Gasteiger partial charge in [0.25, 0.3) is 5.91 Å². The number of furan rings is 1. The Morgan fingerprint density at radius 2 is 1.97 bits per heavy atom. The molecule has 9 nitrogen and oxygen atoms in total. The van der Waals surface area contributed by atoms with Crippen molar-refractivity contribution in [1.82, 2.24) is 24.8 Å². The Kier molecular flexibility index (Phi) is 5.15. The number of anilines is 1. The number of aromatic nitrogens is 4. The topological polar surface area (TPSA) is 106 Å². The largest absolute Gasteiger partial charge is 0.460 e. The van der Waals surface area contributed by atoms with E-state index < -0.39 is 6.86 Å². The van der Waals surface area contributed by atoms with Gasteiger partial charge in [0.2, 0.25) is 12.6 Å². The third-order valence-corrected chi connectivity index (χ3v) is 6.32. The van der Waals surface area contributed by atoms with Crippen LogP contribution in [-0.4, -0.2) is 56.2 Å². The summed E-state index contributed by atoms with van der Waals surface area (Å²) in [7, 11) is 0. The van der Waals surface area contributed by atoms with Crippen molar-refractivity contribution >= 4 is 22.8 Å². The van der Waals surface area contributed by atoms with Gasteiger partial charge in [-0.2, -0.15) is 0 Å². The second kappa shape index (κ2) is 7.99. The van der Waals surface area contributed by atoms with Crippen molar-refractivity contribution in [2.24, 2.45) is 0 Å². The fourth-order valence-electron chi connectivity index (χ4n) is 4.17. The summed E-state index contributed by atoms with van der Waals surface area (Å²) >= 11 is 0. The number of piperidine rings is 1. The van der Waals surface area contributed by atoms with Crippen molar-refractivity contribution in [2.75, 3.05) is 25.3 Å². The van der Waals surface area contributed by atoms with E-state index in [1.54, 1.807) is 6.92 Å². The predicted molar refractivity (Wildman–Crippen MR) is 114 cm³/mol. The molecule has 1 aliphatic heterocycles. The van der Waals surface area contributed by atoms with E-state index in [-0.39, 0.29) is 17.4 Å². The van der Waals surface area contributed by atoms with Gasteiger partial charge in [-0.3, -0.25) is 4.79 Å². The number of hydrogen-bond donors (Lipinski definition) is 1. The molecule has 10 heteroatoms. The lowest BCUT2D eigenvalue weighted by molar-refractivity contribution is 0.0711. The molecule has 0 aromatic carbocycles. The van der Waals surface area contributed by atoms with Gasteiger partial charge in [0.05, 0.1) is 23.3 Å². The molecule has 5 rings (SSSR count). The van der Waals surface area contributed by atoms with Crippen LogP contribution < -0.4 is 10.1 Å². The third-order valence-electron chi connectivity index (χ3n) is 6.32. The van der Waals surface area contributed by atoms with Crippen LogP contribution in [0.15, 0.2) is 23.1 Å². The molecule has 2 fully saturated rings. The van der Waals surface area contributed by atoms with E-state index in [0.717, 1.165) is 25.7 Å². The first-order chi connectivity index (χ1) is 15.5. The molecule has 1 saturated heterocycles. The van der Waals surface area contributed by atoms with Crippen molar-refractivity contribution in [3.63, 3.8) is 0 Å². The number of fused-ring (bicyclic) bond motifs is 1. The van der Waals surface area contributed by atoms with Gasteiger partial charge >= 0.3 is 0 Å². The molecule has 0 unspecified atom stereocenters. The minimum absolute atomic E-state index is 0.00983. The number of alkyl halides is 1. The number of aryl methyl sites for hydroxylation is 1. The molecule has 0 spiro atoms. The number of ether oxygens (including phenoxy) is 1. The highest BCUT2D eigenvalue weighted by atomic mass is 19.1. The summed E-state index contributed by atoms with van der Waals surface area (Å²) < 4.78 is 22.8. The standard InChI is InChI=1S/C22H25FN6O3/c1-13-16(17-19(28-22(2)5-6-22)26-12-27-20(17)32-13)21(30)29-7-3-14(4-8-29)18-24-9-15(10-25-18)31-11-23/h9-10,12,14H,3-8,11H2,1-2H3,(H,26,27,28). The van der Waals surface area contributed by atoms with E-state index in [1.165, 1.54) is 18.7 Å². The minimum atomic E-state index is -0.910. The van der Waals surface area contributed by atoms with Gasteiger partial charge in [-0.1, -0.05) is 0 Å². The van der Waals surface area contributed by atoms with Gasteiger partial charge in [0.15, 0.2) is 5.75 Å². The van der Waals surface area contributed by atoms with Crippen LogP contribution in [0.3, 0.4) is 0 Å². The zero-order chi connectivity index (χ0) is 22.3. The Morgan fingerprint density at radius 3 is 2.62 bits per heavy atom. The van der Waals surface area contributed by atoms with E-state index in [4.69, 9.17) is 9.15 Å². The molecular weight excluding hydrogens is 415 g/mol. The van der Waals surface area contributed by atoms with Crippen LogP contribution in [0.1, 0.15) is 60.5 Å². The molecule has 3 aromatic heterocycles. The van der Waals surface area contributed by atoms with Gasteiger partial charge in [-0.15, -0.1) is 0 Å². The summed E-state index contributed by atoms with van der Waals surface area (Å²) in [5, 5.41) is 4.11. The van der Waals surface area contributed by atoms with E-state index >= 15 is 0 Å². The number of hydrogen-bond acceptors (Lipinski definition) is 8. The van der Waals surface area contributed by atoms with Crippen LogP contribution in [0.5, 0.6) is 5.75 Å². The monoisotopic (exact) mass is 440 g/mol. The maximum atomic E-state index is 13.5. The predicted octanol–water partition coefficient (Wildman–Crippen LogP) is 3.61. The summed E-state index contributed by atoms with van der Waals surface area (Å²) in [5.74, 6) is 2.24. The van der Waals surface area contributed by atoms with Crippen LogP contribution >= 0.6 is 0 Å². The van der Waals surface area contributed by atoms with Gasteiger partial charge in [-0.25, -0.2) is 24.3 Å². The summed E-state index contributed by atoms with van der Waals surface area (Å²) in [6.07, 6.45) is 8.03. The average Bonchev–Trinajstić information content (AvgIpc) is 3.42. The van der Waals surface area contributed by atoms with Crippen LogP contribution in [0.4, 0.5) is 10.2 Å². The van der Waals surface area contributed by atoms with Crippen LogP contribution in [0.2, 0.25) is 0 Å². The molecular formula is C22H25FN6O3. The number of carbonyl (C=O) groups is 1. The number of rotatable bonds is 6. The fourth-order valence-corrected chi connectivity index (χ4v) is 4.17. The minimum Gasteiger partial charge on any atom is -0.460 e. The van der Waals surface area contributed by atoms with Crippen molar-refractivity contribution in [2.45, 2.75) is 51.0 Å². The number of likely N-dealkylation sites (tertiary alicyclic amines) is 1. The van der Waals surface area contributed by atoms with Crippen molar-refractivity contribution < 1.29 is 18.3 Å². The number of carbonyl (C=O) groups excluding carboxylic acids is 1. The molecule has 1 amide bonds. The third kappa shape index (κ3) is 3.85. The highest BCUT2D eigenvalue weighted by Gasteiger charge is 2.39. The number of nitrogens with zero attached hydrogens (tertiary/aromatic N) is 5.